The molecular weight excluding hydrogens is 366 g/mol. The van der Waals surface area contributed by atoms with Gasteiger partial charge in [0.05, 0.1) is 22.5 Å². The molecule has 0 aliphatic carbocycles. The van der Waals surface area contributed by atoms with Crippen molar-refractivity contribution in [1.82, 2.24) is 4.90 Å². The van der Waals surface area contributed by atoms with Crippen molar-refractivity contribution in [2.24, 2.45) is 0 Å². The molecule has 0 saturated carbocycles. The van der Waals surface area contributed by atoms with Gasteiger partial charge in [0.2, 0.25) is 0 Å². The highest BCUT2D eigenvalue weighted by atomic mass is 32.2. The van der Waals surface area contributed by atoms with Gasteiger partial charge in [0.25, 0.3) is 5.91 Å². The molecule has 1 aromatic carbocycles. The van der Waals surface area contributed by atoms with Crippen molar-refractivity contribution >= 4 is 61.1 Å². The number of para-hydroxylation sites is 1. The summed E-state index contributed by atoms with van der Waals surface area (Å²) in [6.45, 7) is 0. The Kier molecular flexibility index (Phi) is 3.78. The molecule has 0 spiro atoms. The number of sulfone groups is 1. The molecule has 24 heavy (non-hydrogen) atoms. The normalized spacial score (nSPS) is 25.2. The van der Waals surface area contributed by atoms with E-state index in [1.54, 1.807) is 6.08 Å². The summed E-state index contributed by atoms with van der Waals surface area (Å²) in [5.41, 5.74) is 0.751. The minimum absolute atomic E-state index is 0.0165. The maximum absolute atomic E-state index is 12.6. The average molecular weight is 379 g/mol. The maximum Gasteiger partial charge on any atom is 0.266 e. The Morgan fingerprint density at radius 3 is 2.83 bits per heavy atom. The predicted molar refractivity (Wildman–Crippen MR) is 98.3 cm³/mol. The summed E-state index contributed by atoms with van der Waals surface area (Å²) in [5, 5.41) is 0.959. The quantitative estimate of drug-likeness (QED) is 0.590. The van der Waals surface area contributed by atoms with Crippen molar-refractivity contribution in [3.63, 3.8) is 0 Å². The van der Waals surface area contributed by atoms with Crippen molar-refractivity contribution in [3.8, 4) is 0 Å². The Bertz CT molecular complexity index is 957. The standard InChI is InChI=1S/C16H13NO4S3/c18-15-14(8-12-7-10-3-1-2-4-13(10)21-12)23-16(22)17(15)11-5-6-24(19,20)9-11/h1-4,7-8,11H,5-6,9H2/b14-8-. The van der Waals surface area contributed by atoms with Crippen molar-refractivity contribution < 1.29 is 17.6 Å². The number of thioether (sulfide) groups is 1. The molecule has 1 unspecified atom stereocenters. The topological polar surface area (TPSA) is 67.6 Å². The zero-order valence-corrected chi connectivity index (χ0v) is 14.9. The van der Waals surface area contributed by atoms with Gasteiger partial charge in [0, 0.05) is 11.5 Å². The number of hydrogen-bond donors (Lipinski definition) is 0. The van der Waals surface area contributed by atoms with Crippen LogP contribution in [0.2, 0.25) is 0 Å². The van der Waals surface area contributed by atoms with E-state index in [-0.39, 0.29) is 23.5 Å². The zero-order valence-electron chi connectivity index (χ0n) is 12.5. The molecule has 1 aromatic heterocycles. The predicted octanol–water partition coefficient (Wildman–Crippen LogP) is 2.82. The van der Waals surface area contributed by atoms with Crippen molar-refractivity contribution in [2.75, 3.05) is 11.5 Å². The fourth-order valence-electron chi connectivity index (χ4n) is 2.98. The maximum atomic E-state index is 12.6. The Morgan fingerprint density at radius 2 is 2.12 bits per heavy atom. The summed E-state index contributed by atoms with van der Waals surface area (Å²) in [6, 6.07) is 9.11. The summed E-state index contributed by atoms with van der Waals surface area (Å²) in [6.07, 6.45) is 2.11. The molecule has 124 valence electrons. The molecule has 0 bridgehead atoms. The lowest BCUT2D eigenvalue weighted by Crippen LogP contribution is -2.39. The van der Waals surface area contributed by atoms with Gasteiger partial charge in [-0.1, -0.05) is 42.2 Å². The molecule has 2 saturated heterocycles. The van der Waals surface area contributed by atoms with Gasteiger partial charge in [-0.05, 0) is 18.6 Å². The van der Waals surface area contributed by atoms with E-state index >= 15 is 0 Å². The SMILES string of the molecule is O=C1/C(=C/c2cc3ccccc3o2)SC(=S)N1C1CCS(=O)(=O)C1. The Labute approximate surface area is 148 Å². The van der Waals surface area contributed by atoms with Gasteiger partial charge >= 0.3 is 0 Å². The smallest absolute Gasteiger partial charge is 0.266 e. The Hall–Kier alpha value is -1.64. The van der Waals surface area contributed by atoms with Crippen LogP contribution in [0.15, 0.2) is 39.7 Å². The highest BCUT2D eigenvalue weighted by molar-refractivity contribution is 8.26. The molecule has 1 amide bonds. The van der Waals surface area contributed by atoms with Crippen LogP contribution in [0, 0.1) is 0 Å². The zero-order chi connectivity index (χ0) is 16.9. The summed E-state index contributed by atoms with van der Waals surface area (Å²) < 4.78 is 29.4. The number of carbonyl (C=O) groups excluding carboxylic acids is 1. The first-order valence-electron chi connectivity index (χ1n) is 7.39. The van der Waals surface area contributed by atoms with Crippen LogP contribution in [-0.2, 0) is 14.6 Å². The second-order valence-corrected chi connectivity index (χ2v) is 9.70. The molecule has 0 radical (unpaired) electrons. The summed E-state index contributed by atoms with van der Waals surface area (Å²) >= 11 is 6.48. The first kappa shape index (κ1) is 15.9. The Balaban J connectivity index is 1.63. The van der Waals surface area contributed by atoms with Gasteiger partial charge in [-0.2, -0.15) is 0 Å². The largest absolute Gasteiger partial charge is 0.457 e. The van der Waals surface area contributed by atoms with E-state index in [1.165, 1.54) is 16.7 Å². The third kappa shape index (κ3) is 2.78. The lowest BCUT2D eigenvalue weighted by atomic mass is 10.2. The Morgan fingerprint density at radius 1 is 1.33 bits per heavy atom. The van der Waals surface area contributed by atoms with Crippen LogP contribution < -0.4 is 0 Å². The van der Waals surface area contributed by atoms with E-state index in [1.807, 2.05) is 30.3 Å². The average Bonchev–Trinajstić information content (AvgIpc) is 3.16. The number of benzene rings is 1. The van der Waals surface area contributed by atoms with Crippen LogP contribution in [0.1, 0.15) is 12.2 Å². The monoisotopic (exact) mass is 379 g/mol. The lowest BCUT2D eigenvalue weighted by molar-refractivity contribution is -0.123. The molecular formula is C16H13NO4S3. The first-order valence-corrected chi connectivity index (χ1v) is 10.4. The van der Waals surface area contributed by atoms with Gasteiger partial charge in [-0.3, -0.25) is 9.69 Å². The number of rotatable bonds is 2. The number of fused-ring (bicyclic) bond motifs is 1. The molecule has 3 heterocycles. The van der Waals surface area contributed by atoms with Gasteiger partial charge < -0.3 is 4.42 Å². The van der Waals surface area contributed by atoms with Crippen LogP contribution in [0.3, 0.4) is 0 Å². The fourth-order valence-corrected chi connectivity index (χ4v) is 6.06. The molecule has 2 fully saturated rings. The first-order chi connectivity index (χ1) is 11.4. The van der Waals surface area contributed by atoms with E-state index in [0.29, 0.717) is 21.4 Å². The fraction of sp³-hybridized carbons (Fsp3) is 0.250. The van der Waals surface area contributed by atoms with Gasteiger partial charge in [-0.15, -0.1) is 0 Å². The van der Waals surface area contributed by atoms with E-state index in [0.717, 1.165) is 11.0 Å². The molecule has 2 aliphatic rings. The number of carbonyl (C=O) groups is 1. The van der Waals surface area contributed by atoms with E-state index in [4.69, 9.17) is 16.6 Å². The molecule has 2 aromatic rings. The third-order valence-electron chi connectivity index (χ3n) is 4.12. The molecule has 1 atom stereocenters. The summed E-state index contributed by atoms with van der Waals surface area (Å²) in [7, 11) is -3.07. The van der Waals surface area contributed by atoms with Crippen LogP contribution in [0.25, 0.3) is 17.0 Å². The van der Waals surface area contributed by atoms with E-state index in [9.17, 15) is 13.2 Å². The van der Waals surface area contributed by atoms with Crippen molar-refractivity contribution in [3.05, 3.63) is 41.0 Å². The lowest BCUT2D eigenvalue weighted by Gasteiger charge is -2.20. The van der Waals surface area contributed by atoms with Gasteiger partial charge in [-0.25, -0.2) is 8.42 Å². The van der Waals surface area contributed by atoms with E-state index < -0.39 is 9.84 Å². The van der Waals surface area contributed by atoms with E-state index in [2.05, 4.69) is 0 Å². The third-order valence-corrected chi connectivity index (χ3v) is 7.20. The van der Waals surface area contributed by atoms with Crippen LogP contribution in [0.5, 0.6) is 0 Å². The highest BCUT2D eigenvalue weighted by Gasteiger charge is 2.42. The van der Waals surface area contributed by atoms with Crippen LogP contribution >= 0.6 is 24.0 Å². The number of nitrogens with zero attached hydrogens (tertiary/aromatic N) is 1. The minimum Gasteiger partial charge on any atom is -0.457 e. The second-order valence-electron chi connectivity index (χ2n) is 5.80. The van der Waals surface area contributed by atoms with Crippen molar-refractivity contribution in [2.45, 2.75) is 12.5 Å². The number of furan rings is 1. The summed E-state index contributed by atoms with van der Waals surface area (Å²) in [5.74, 6) is 0.428. The second kappa shape index (κ2) is 5.72. The molecule has 5 nitrogen and oxygen atoms in total. The molecule has 8 heteroatoms. The number of hydrogen-bond acceptors (Lipinski definition) is 6. The number of amides is 1. The summed E-state index contributed by atoms with van der Waals surface area (Å²) in [4.78, 5) is 14.6. The van der Waals surface area contributed by atoms with Crippen LogP contribution in [-0.4, -0.2) is 41.1 Å². The number of thiocarbonyl (C=S) groups is 1. The van der Waals surface area contributed by atoms with Gasteiger partial charge in [0.15, 0.2) is 9.84 Å². The van der Waals surface area contributed by atoms with Crippen LogP contribution in [0.4, 0.5) is 0 Å². The minimum atomic E-state index is -3.07. The molecule has 2 aliphatic heterocycles. The molecule has 4 rings (SSSR count). The van der Waals surface area contributed by atoms with Gasteiger partial charge in [0.1, 0.15) is 15.7 Å². The highest BCUT2D eigenvalue weighted by Crippen LogP contribution is 2.36. The molecule has 0 N–H and O–H groups in total. The van der Waals surface area contributed by atoms with Crippen molar-refractivity contribution in [1.29, 1.82) is 0 Å².